The summed E-state index contributed by atoms with van der Waals surface area (Å²) in [6.07, 6.45) is 8.26. The summed E-state index contributed by atoms with van der Waals surface area (Å²) in [5, 5.41) is 12.9. The van der Waals surface area contributed by atoms with Crippen LogP contribution in [0.5, 0.6) is 0 Å². The zero-order valence-electron chi connectivity index (χ0n) is 14.4. The van der Waals surface area contributed by atoms with Gasteiger partial charge in [-0.15, -0.1) is 0 Å². The van der Waals surface area contributed by atoms with Gasteiger partial charge in [0.15, 0.2) is 5.43 Å². The first-order valence-corrected chi connectivity index (χ1v) is 9.07. The molecule has 132 valence electrons. The molecule has 1 saturated heterocycles. The van der Waals surface area contributed by atoms with Crippen LogP contribution in [0.3, 0.4) is 0 Å². The van der Waals surface area contributed by atoms with Gasteiger partial charge in [0.1, 0.15) is 0 Å². The number of aromatic amines is 1. The van der Waals surface area contributed by atoms with Crippen LogP contribution < -0.4 is 10.3 Å². The molecule has 0 bridgehead atoms. The number of aliphatic hydroxyl groups is 1. The van der Waals surface area contributed by atoms with Gasteiger partial charge in [0.05, 0.1) is 6.10 Å². The van der Waals surface area contributed by atoms with Crippen molar-refractivity contribution in [2.45, 2.75) is 18.9 Å². The van der Waals surface area contributed by atoms with Gasteiger partial charge >= 0.3 is 0 Å². The van der Waals surface area contributed by atoms with Crippen molar-refractivity contribution in [3.8, 4) is 0 Å². The van der Waals surface area contributed by atoms with E-state index in [0.717, 1.165) is 31.3 Å². The summed E-state index contributed by atoms with van der Waals surface area (Å²) in [7, 11) is 0. The summed E-state index contributed by atoms with van der Waals surface area (Å²) in [4.78, 5) is 21.4. The minimum Gasteiger partial charge on any atom is -0.388 e. The Bertz CT molecular complexity index is 1010. The van der Waals surface area contributed by atoms with E-state index in [-0.39, 0.29) is 11.3 Å². The maximum atomic E-state index is 11.9. The van der Waals surface area contributed by atoms with Crippen LogP contribution >= 0.6 is 0 Å². The second-order valence-electron chi connectivity index (χ2n) is 7.84. The van der Waals surface area contributed by atoms with Crippen LogP contribution in [0.25, 0.3) is 10.8 Å². The number of anilines is 1. The van der Waals surface area contributed by atoms with Gasteiger partial charge in [-0.25, -0.2) is 0 Å². The van der Waals surface area contributed by atoms with Crippen LogP contribution in [-0.4, -0.2) is 28.2 Å². The molecule has 2 N–H and O–H groups in total. The van der Waals surface area contributed by atoms with Crippen molar-refractivity contribution in [1.29, 1.82) is 0 Å². The predicted octanol–water partition coefficient (Wildman–Crippen LogP) is 2.87. The Morgan fingerprint density at radius 2 is 2.04 bits per heavy atom. The number of hydrogen-bond donors (Lipinski definition) is 2. The van der Waals surface area contributed by atoms with E-state index < -0.39 is 6.10 Å². The number of pyridine rings is 2. The number of H-pyrrole nitrogens is 1. The lowest BCUT2D eigenvalue weighted by Gasteiger charge is -2.60. The van der Waals surface area contributed by atoms with Crippen molar-refractivity contribution < 1.29 is 5.11 Å². The van der Waals surface area contributed by atoms with Crippen molar-refractivity contribution in [3.63, 3.8) is 0 Å². The third kappa shape index (κ3) is 2.42. The minimum atomic E-state index is -0.659. The summed E-state index contributed by atoms with van der Waals surface area (Å²) in [5.74, 6) is 0.184. The van der Waals surface area contributed by atoms with Gasteiger partial charge in [0.2, 0.25) is 0 Å². The quantitative estimate of drug-likeness (QED) is 0.764. The van der Waals surface area contributed by atoms with E-state index in [2.05, 4.69) is 33.1 Å². The van der Waals surface area contributed by atoms with E-state index >= 15 is 0 Å². The maximum Gasteiger partial charge on any atom is 0.187 e. The third-order valence-electron chi connectivity index (χ3n) is 6.05. The monoisotopic (exact) mass is 347 g/mol. The minimum absolute atomic E-state index is 0.0851. The van der Waals surface area contributed by atoms with Crippen LogP contribution in [0, 0.1) is 11.3 Å². The molecule has 1 saturated carbocycles. The molecule has 3 aromatic rings. The van der Waals surface area contributed by atoms with Gasteiger partial charge in [-0.1, -0.05) is 6.07 Å². The van der Waals surface area contributed by atoms with E-state index in [1.807, 2.05) is 18.5 Å². The van der Waals surface area contributed by atoms with Crippen molar-refractivity contribution in [1.82, 2.24) is 9.97 Å². The first kappa shape index (κ1) is 15.6. The lowest BCUT2D eigenvalue weighted by atomic mass is 9.55. The molecule has 1 aliphatic carbocycles. The van der Waals surface area contributed by atoms with E-state index in [1.165, 1.54) is 17.1 Å². The zero-order valence-corrected chi connectivity index (χ0v) is 14.4. The summed E-state index contributed by atoms with van der Waals surface area (Å²) >= 11 is 0. The standard InChI is InChI=1S/C21H21N3O2/c25-19-4-6-23-11-18(19)20(26)16-8-21(9-16)12-24(13-21)17-2-1-15-10-22-5-3-14(15)7-17/h1-7,10-11,16,20,26H,8-9,12-13H2,(H,23,25). The van der Waals surface area contributed by atoms with E-state index in [9.17, 15) is 9.90 Å². The Hall–Kier alpha value is -2.66. The van der Waals surface area contributed by atoms with Crippen LogP contribution in [0.4, 0.5) is 5.69 Å². The number of benzene rings is 1. The largest absolute Gasteiger partial charge is 0.388 e. The van der Waals surface area contributed by atoms with Gasteiger partial charge in [0, 0.05) is 66.0 Å². The molecule has 5 rings (SSSR count). The zero-order chi connectivity index (χ0) is 17.7. The van der Waals surface area contributed by atoms with Crippen molar-refractivity contribution >= 4 is 16.5 Å². The van der Waals surface area contributed by atoms with Gasteiger partial charge < -0.3 is 15.0 Å². The molecule has 1 aliphatic heterocycles. The predicted molar refractivity (Wildman–Crippen MR) is 101 cm³/mol. The van der Waals surface area contributed by atoms with Crippen LogP contribution in [-0.2, 0) is 0 Å². The normalized spacial score (nSPS) is 20.0. The Morgan fingerprint density at radius 1 is 1.19 bits per heavy atom. The van der Waals surface area contributed by atoms with Crippen molar-refractivity contribution in [2.24, 2.45) is 11.3 Å². The summed E-state index contributed by atoms with van der Waals surface area (Å²) in [6, 6.07) is 10.0. The fraction of sp³-hybridized carbons (Fsp3) is 0.333. The molecule has 0 amide bonds. The molecule has 1 spiro atoms. The molecule has 2 fully saturated rings. The molecule has 0 radical (unpaired) electrons. The fourth-order valence-corrected chi connectivity index (χ4v) is 4.66. The molecule has 1 aromatic carbocycles. The first-order chi connectivity index (χ1) is 12.6. The average Bonchev–Trinajstić information content (AvgIpc) is 2.59. The highest BCUT2D eigenvalue weighted by Crippen LogP contribution is 2.56. The van der Waals surface area contributed by atoms with Gasteiger partial charge in [0.25, 0.3) is 0 Å². The van der Waals surface area contributed by atoms with Crippen LogP contribution in [0.15, 0.2) is 59.9 Å². The summed E-state index contributed by atoms with van der Waals surface area (Å²) in [6.45, 7) is 2.05. The molecule has 5 nitrogen and oxygen atoms in total. The van der Waals surface area contributed by atoms with E-state index in [0.29, 0.717) is 11.0 Å². The molecular formula is C21H21N3O2. The van der Waals surface area contributed by atoms with Gasteiger partial charge in [-0.3, -0.25) is 9.78 Å². The Kier molecular flexibility index (Phi) is 3.40. The number of nitrogens with zero attached hydrogens (tertiary/aromatic N) is 2. The lowest BCUT2D eigenvalue weighted by Crippen LogP contribution is -2.63. The highest BCUT2D eigenvalue weighted by Gasteiger charge is 2.54. The van der Waals surface area contributed by atoms with Gasteiger partial charge in [-0.2, -0.15) is 0 Å². The van der Waals surface area contributed by atoms with Crippen molar-refractivity contribution in [3.05, 3.63) is 70.9 Å². The maximum absolute atomic E-state index is 11.9. The fourth-order valence-electron chi connectivity index (χ4n) is 4.66. The third-order valence-corrected chi connectivity index (χ3v) is 6.05. The molecule has 1 atom stereocenters. The molecule has 2 aromatic heterocycles. The Balaban J connectivity index is 1.25. The number of aromatic nitrogens is 2. The number of nitrogens with one attached hydrogen (secondary N) is 1. The SMILES string of the molecule is O=c1cc[nH]cc1C(O)C1CC2(C1)CN(c1ccc3cnccc3c1)C2. The van der Waals surface area contributed by atoms with Crippen LogP contribution in [0.1, 0.15) is 24.5 Å². The molecule has 1 unspecified atom stereocenters. The number of aliphatic hydroxyl groups excluding tert-OH is 1. The molecule has 2 aliphatic rings. The highest BCUT2D eigenvalue weighted by atomic mass is 16.3. The Morgan fingerprint density at radius 3 is 2.85 bits per heavy atom. The summed E-state index contributed by atoms with van der Waals surface area (Å²) < 4.78 is 0. The summed E-state index contributed by atoms with van der Waals surface area (Å²) in [5.41, 5.74) is 1.96. The molecule has 3 heterocycles. The lowest BCUT2D eigenvalue weighted by molar-refractivity contribution is -0.0513. The molecule has 5 heteroatoms. The topological polar surface area (TPSA) is 69.2 Å². The molecule has 26 heavy (non-hydrogen) atoms. The Labute approximate surface area is 151 Å². The van der Waals surface area contributed by atoms with Crippen LogP contribution in [0.2, 0.25) is 0 Å². The number of rotatable bonds is 3. The smallest absolute Gasteiger partial charge is 0.187 e. The van der Waals surface area contributed by atoms with E-state index in [1.54, 1.807) is 12.4 Å². The number of fused-ring (bicyclic) bond motifs is 1. The van der Waals surface area contributed by atoms with E-state index in [4.69, 9.17) is 0 Å². The van der Waals surface area contributed by atoms with Crippen molar-refractivity contribution in [2.75, 3.05) is 18.0 Å². The average molecular weight is 347 g/mol. The first-order valence-electron chi connectivity index (χ1n) is 9.07. The second-order valence-corrected chi connectivity index (χ2v) is 7.84. The number of hydrogen-bond acceptors (Lipinski definition) is 4. The second kappa shape index (κ2) is 5.68. The molecular weight excluding hydrogens is 326 g/mol. The van der Waals surface area contributed by atoms with Gasteiger partial charge in [-0.05, 0) is 42.3 Å². The highest BCUT2D eigenvalue weighted by molar-refractivity contribution is 5.85.